The smallest absolute Gasteiger partial charge is 0.169 e. The van der Waals surface area contributed by atoms with Gasteiger partial charge in [0.2, 0.25) is 0 Å². The fourth-order valence-corrected chi connectivity index (χ4v) is 1.60. The Kier molecular flexibility index (Phi) is 4.14. The van der Waals surface area contributed by atoms with Gasteiger partial charge < -0.3 is 14.8 Å². The second-order valence-electron chi connectivity index (χ2n) is 3.61. The summed E-state index contributed by atoms with van der Waals surface area (Å²) in [6, 6.07) is 10.4. The van der Waals surface area contributed by atoms with Gasteiger partial charge in [0.05, 0.1) is 13.2 Å². The maximum absolute atomic E-state index is 5.60. The zero-order chi connectivity index (χ0) is 10.3. The Morgan fingerprint density at radius 1 is 1.33 bits per heavy atom. The molecule has 15 heavy (non-hydrogen) atoms. The molecule has 1 heterocycles. The van der Waals surface area contributed by atoms with E-state index in [1.54, 1.807) is 0 Å². The predicted octanol–water partition coefficient (Wildman–Crippen LogP) is 1.19. The van der Waals surface area contributed by atoms with E-state index in [0.717, 1.165) is 32.7 Å². The number of ether oxygens (including phenoxy) is 2. The van der Waals surface area contributed by atoms with Crippen LogP contribution < -0.4 is 5.32 Å². The SMILES string of the molecule is c1ccc(CCOC2CNCCO2)cc1. The maximum Gasteiger partial charge on any atom is 0.169 e. The molecule has 0 bridgehead atoms. The molecule has 3 heteroatoms. The minimum absolute atomic E-state index is 0.0672. The first-order chi connectivity index (χ1) is 7.45. The van der Waals surface area contributed by atoms with Crippen LogP contribution in [0, 0.1) is 0 Å². The molecule has 1 N–H and O–H groups in total. The lowest BCUT2D eigenvalue weighted by Gasteiger charge is -2.23. The monoisotopic (exact) mass is 207 g/mol. The summed E-state index contributed by atoms with van der Waals surface area (Å²) in [6.07, 6.45) is 0.878. The standard InChI is InChI=1S/C12H17NO2/c1-2-4-11(5-3-1)6-8-14-12-10-13-7-9-15-12/h1-5,12-13H,6-10H2. The Bertz CT molecular complexity index is 270. The highest BCUT2D eigenvalue weighted by Crippen LogP contribution is 2.03. The van der Waals surface area contributed by atoms with Crippen LogP contribution in [0.25, 0.3) is 0 Å². The van der Waals surface area contributed by atoms with E-state index in [2.05, 4.69) is 17.4 Å². The summed E-state index contributed by atoms with van der Waals surface area (Å²) < 4.78 is 11.0. The van der Waals surface area contributed by atoms with Crippen LogP contribution in [0.5, 0.6) is 0 Å². The molecule has 0 spiro atoms. The fraction of sp³-hybridized carbons (Fsp3) is 0.500. The zero-order valence-electron chi connectivity index (χ0n) is 8.82. The summed E-state index contributed by atoms with van der Waals surface area (Å²) in [5, 5.41) is 3.23. The lowest BCUT2D eigenvalue weighted by atomic mass is 10.2. The lowest BCUT2D eigenvalue weighted by molar-refractivity contribution is -0.152. The van der Waals surface area contributed by atoms with Gasteiger partial charge in [-0.1, -0.05) is 30.3 Å². The summed E-state index contributed by atoms with van der Waals surface area (Å²) in [4.78, 5) is 0. The van der Waals surface area contributed by atoms with Gasteiger partial charge in [-0.05, 0) is 12.0 Å². The highest BCUT2D eigenvalue weighted by molar-refractivity contribution is 5.14. The van der Waals surface area contributed by atoms with E-state index in [-0.39, 0.29) is 6.29 Å². The lowest BCUT2D eigenvalue weighted by Crippen LogP contribution is -2.40. The first kappa shape index (κ1) is 10.6. The second-order valence-corrected chi connectivity index (χ2v) is 3.61. The Hall–Kier alpha value is -0.900. The van der Waals surface area contributed by atoms with Gasteiger partial charge in [0.25, 0.3) is 0 Å². The highest BCUT2D eigenvalue weighted by atomic mass is 16.7. The van der Waals surface area contributed by atoms with Gasteiger partial charge in [0.15, 0.2) is 6.29 Å². The molecule has 1 aromatic carbocycles. The van der Waals surface area contributed by atoms with Crippen molar-refractivity contribution in [2.24, 2.45) is 0 Å². The van der Waals surface area contributed by atoms with Gasteiger partial charge in [0, 0.05) is 13.1 Å². The molecule has 82 valence electrons. The molecule has 0 amide bonds. The van der Waals surface area contributed by atoms with Gasteiger partial charge in [-0.3, -0.25) is 0 Å². The van der Waals surface area contributed by atoms with Crippen molar-refractivity contribution in [1.29, 1.82) is 0 Å². The van der Waals surface area contributed by atoms with Crippen LogP contribution in [-0.2, 0) is 15.9 Å². The van der Waals surface area contributed by atoms with Gasteiger partial charge in [-0.25, -0.2) is 0 Å². The molecule has 0 radical (unpaired) electrons. The first-order valence-electron chi connectivity index (χ1n) is 5.43. The van der Waals surface area contributed by atoms with Crippen LogP contribution in [-0.4, -0.2) is 32.6 Å². The molecule has 1 aliphatic heterocycles. The van der Waals surface area contributed by atoms with Gasteiger partial charge in [-0.15, -0.1) is 0 Å². The molecule has 1 fully saturated rings. The van der Waals surface area contributed by atoms with Crippen LogP contribution >= 0.6 is 0 Å². The average molecular weight is 207 g/mol. The maximum atomic E-state index is 5.60. The number of rotatable bonds is 4. The Morgan fingerprint density at radius 3 is 2.93 bits per heavy atom. The van der Waals surface area contributed by atoms with Crippen LogP contribution in [0.4, 0.5) is 0 Å². The van der Waals surface area contributed by atoms with E-state index in [1.807, 2.05) is 18.2 Å². The van der Waals surface area contributed by atoms with Crippen molar-refractivity contribution in [3.8, 4) is 0 Å². The van der Waals surface area contributed by atoms with Crippen molar-refractivity contribution >= 4 is 0 Å². The van der Waals surface area contributed by atoms with Crippen LogP contribution in [0.15, 0.2) is 30.3 Å². The van der Waals surface area contributed by atoms with E-state index in [1.165, 1.54) is 5.56 Å². The number of nitrogens with one attached hydrogen (secondary N) is 1. The average Bonchev–Trinajstić information content (AvgIpc) is 2.32. The van der Waals surface area contributed by atoms with Crippen molar-refractivity contribution in [3.63, 3.8) is 0 Å². The zero-order valence-corrected chi connectivity index (χ0v) is 8.82. The van der Waals surface area contributed by atoms with Crippen molar-refractivity contribution in [3.05, 3.63) is 35.9 Å². The molecule has 0 aliphatic carbocycles. The third kappa shape index (κ3) is 3.63. The fourth-order valence-electron chi connectivity index (χ4n) is 1.60. The number of benzene rings is 1. The van der Waals surface area contributed by atoms with E-state index in [9.17, 15) is 0 Å². The van der Waals surface area contributed by atoms with E-state index in [4.69, 9.17) is 9.47 Å². The van der Waals surface area contributed by atoms with E-state index < -0.39 is 0 Å². The molecule has 1 aromatic rings. The largest absolute Gasteiger partial charge is 0.351 e. The topological polar surface area (TPSA) is 30.5 Å². The van der Waals surface area contributed by atoms with Gasteiger partial charge >= 0.3 is 0 Å². The molecule has 3 nitrogen and oxygen atoms in total. The quantitative estimate of drug-likeness (QED) is 0.804. The van der Waals surface area contributed by atoms with Crippen molar-refractivity contribution in [2.75, 3.05) is 26.3 Å². The van der Waals surface area contributed by atoms with E-state index >= 15 is 0 Å². The molecule has 1 unspecified atom stereocenters. The van der Waals surface area contributed by atoms with Crippen LogP contribution in [0.3, 0.4) is 0 Å². The second kappa shape index (κ2) is 5.85. The molecule has 1 aliphatic rings. The summed E-state index contributed by atoms with van der Waals surface area (Å²) in [5.74, 6) is 0. The minimum Gasteiger partial charge on any atom is -0.351 e. The van der Waals surface area contributed by atoms with Crippen molar-refractivity contribution in [1.82, 2.24) is 5.32 Å². The predicted molar refractivity (Wildman–Crippen MR) is 58.7 cm³/mol. The number of hydrogen-bond acceptors (Lipinski definition) is 3. The molecule has 1 saturated heterocycles. The Balaban J connectivity index is 1.66. The summed E-state index contributed by atoms with van der Waals surface area (Å²) >= 11 is 0. The third-order valence-corrected chi connectivity index (χ3v) is 2.43. The molecule has 1 atom stereocenters. The molecule has 2 rings (SSSR count). The molecule has 0 aromatic heterocycles. The normalized spacial score (nSPS) is 21.5. The minimum atomic E-state index is -0.0672. The summed E-state index contributed by atoms with van der Waals surface area (Å²) in [7, 11) is 0. The third-order valence-electron chi connectivity index (χ3n) is 2.43. The van der Waals surface area contributed by atoms with Gasteiger partial charge in [-0.2, -0.15) is 0 Å². The van der Waals surface area contributed by atoms with Crippen molar-refractivity contribution in [2.45, 2.75) is 12.7 Å². The molecular formula is C12H17NO2. The summed E-state index contributed by atoms with van der Waals surface area (Å²) in [5.41, 5.74) is 1.31. The van der Waals surface area contributed by atoms with Crippen LogP contribution in [0.2, 0.25) is 0 Å². The number of morpholine rings is 1. The molecular weight excluding hydrogens is 190 g/mol. The molecule has 0 saturated carbocycles. The summed E-state index contributed by atoms with van der Waals surface area (Å²) in [6.45, 7) is 3.19. The van der Waals surface area contributed by atoms with E-state index in [0.29, 0.717) is 0 Å². The Morgan fingerprint density at radius 2 is 2.20 bits per heavy atom. The van der Waals surface area contributed by atoms with Crippen LogP contribution in [0.1, 0.15) is 5.56 Å². The Labute approximate surface area is 90.4 Å². The number of hydrogen-bond donors (Lipinski definition) is 1. The first-order valence-corrected chi connectivity index (χ1v) is 5.43. The van der Waals surface area contributed by atoms with Crippen molar-refractivity contribution < 1.29 is 9.47 Å². The highest BCUT2D eigenvalue weighted by Gasteiger charge is 2.12. The van der Waals surface area contributed by atoms with Gasteiger partial charge in [0.1, 0.15) is 0 Å².